The van der Waals surface area contributed by atoms with Crippen molar-refractivity contribution in [3.05, 3.63) is 59.4 Å². The lowest BCUT2D eigenvalue weighted by atomic mass is 9.66. The van der Waals surface area contributed by atoms with Gasteiger partial charge in [-0.15, -0.1) is 0 Å². The van der Waals surface area contributed by atoms with E-state index in [0.29, 0.717) is 18.9 Å². The van der Waals surface area contributed by atoms with Crippen LogP contribution in [0.3, 0.4) is 0 Å². The standard InChI is InChI=1S/C29H33F5N2O/c30-21-14-20(15-22(31)17-21)23-5-1-4-19(26(23)32)16-25(37)36-27-24(6-2-10-29(27,33)34)18-7-11-28(12-8-18)9-3-13-35-28/h1,4-5,14-15,17-18,24,27,35H,2-3,6-13,16H2,(H,36,37)/t18?,24-,27-,28?/m1/s1. The number of carbonyl (C=O) groups excluding carboxylic acids is 1. The van der Waals surface area contributed by atoms with Gasteiger partial charge in [-0.2, -0.15) is 0 Å². The number of nitrogens with one attached hydrogen (secondary N) is 2. The molecule has 0 radical (unpaired) electrons. The molecule has 0 unspecified atom stereocenters. The average molecular weight is 521 g/mol. The van der Waals surface area contributed by atoms with Crippen LogP contribution in [0.2, 0.25) is 0 Å². The zero-order valence-corrected chi connectivity index (χ0v) is 20.8. The molecule has 2 aromatic rings. The number of alkyl halides is 2. The molecule has 2 aromatic carbocycles. The summed E-state index contributed by atoms with van der Waals surface area (Å²) in [5, 5.41) is 6.19. The Bertz CT molecular complexity index is 1120. The van der Waals surface area contributed by atoms with Gasteiger partial charge in [-0.1, -0.05) is 18.2 Å². The highest BCUT2D eigenvalue weighted by Gasteiger charge is 2.51. The summed E-state index contributed by atoms with van der Waals surface area (Å²) in [6.45, 7) is 1.01. The molecule has 2 N–H and O–H groups in total. The maximum Gasteiger partial charge on any atom is 0.268 e. The molecule has 2 atom stereocenters. The van der Waals surface area contributed by atoms with Crippen molar-refractivity contribution in [1.82, 2.24) is 10.6 Å². The second kappa shape index (κ2) is 10.4. The Morgan fingerprint density at radius 1 is 0.946 bits per heavy atom. The normalized spacial score (nSPS) is 29.4. The summed E-state index contributed by atoms with van der Waals surface area (Å²) in [4.78, 5) is 13.0. The first-order chi connectivity index (χ1) is 17.7. The van der Waals surface area contributed by atoms with E-state index in [2.05, 4.69) is 10.6 Å². The van der Waals surface area contributed by atoms with Gasteiger partial charge >= 0.3 is 0 Å². The summed E-state index contributed by atoms with van der Waals surface area (Å²) in [5.74, 6) is -6.40. The lowest BCUT2D eigenvalue weighted by Gasteiger charge is -2.46. The van der Waals surface area contributed by atoms with Crippen molar-refractivity contribution in [1.29, 1.82) is 0 Å². The first kappa shape index (κ1) is 26.1. The van der Waals surface area contributed by atoms with E-state index >= 15 is 13.2 Å². The predicted molar refractivity (Wildman–Crippen MR) is 132 cm³/mol. The summed E-state index contributed by atoms with van der Waals surface area (Å²) in [6.07, 6.45) is 6.30. The first-order valence-electron chi connectivity index (χ1n) is 13.3. The van der Waals surface area contributed by atoms with E-state index in [1.165, 1.54) is 18.2 Å². The number of rotatable bonds is 5. The predicted octanol–water partition coefficient (Wildman–Crippen LogP) is 6.55. The highest BCUT2D eigenvalue weighted by molar-refractivity contribution is 5.80. The highest BCUT2D eigenvalue weighted by atomic mass is 19.3. The first-order valence-corrected chi connectivity index (χ1v) is 13.3. The lowest BCUT2D eigenvalue weighted by molar-refractivity contribution is -0.133. The minimum atomic E-state index is -3.03. The molecule has 8 heteroatoms. The minimum Gasteiger partial charge on any atom is -0.347 e. The summed E-state index contributed by atoms with van der Waals surface area (Å²) in [5.41, 5.74) is 0.0889. The largest absolute Gasteiger partial charge is 0.347 e. The van der Waals surface area contributed by atoms with E-state index in [0.717, 1.165) is 57.2 Å². The van der Waals surface area contributed by atoms with Crippen LogP contribution in [0.4, 0.5) is 22.0 Å². The molecule has 3 nitrogen and oxygen atoms in total. The average Bonchev–Trinajstić information content (AvgIpc) is 3.29. The minimum absolute atomic E-state index is 0.00274. The van der Waals surface area contributed by atoms with E-state index in [4.69, 9.17) is 0 Å². The molecule has 0 aromatic heterocycles. The maximum atomic E-state index is 15.2. The van der Waals surface area contributed by atoms with Crippen molar-refractivity contribution >= 4 is 5.91 Å². The highest BCUT2D eigenvalue weighted by Crippen LogP contribution is 2.47. The number of carbonyl (C=O) groups is 1. The van der Waals surface area contributed by atoms with Crippen molar-refractivity contribution in [3.8, 4) is 11.1 Å². The SMILES string of the molecule is O=C(Cc1cccc(-c2cc(F)cc(F)c2)c1F)N[C@@H]1[C@@H](C2CCC3(CCCN3)CC2)CCCC1(F)F. The van der Waals surface area contributed by atoms with Gasteiger partial charge in [0.2, 0.25) is 5.91 Å². The van der Waals surface area contributed by atoms with Crippen molar-refractivity contribution < 1.29 is 26.7 Å². The van der Waals surface area contributed by atoms with Gasteiger partial charge in [0.15, 0.2) is 0 Å². The van der Waals surface area contributed by atoms with E-state index < -0.39 is 41.7 Å². The van der Waals surface area contributed by atoms with Gasteiger partial charge in [0.05, 0.1) is 12.5 Å². The Kier molecular flexibility index (Phi) is 7.31. The van der Waals surface area contributed by atoms with E-state index in [9.17, 15) is 13.6 Å². The quantitative estimate of drug-likeness (QED) is 0.439. The summed E-state index contributed by atoms with van der Waals surface area (Å²) < 4.78 is 72.8. The molecule has 5 rings (SSSR count). The molecule has 3 aliphatic rings. The lowest BCUT2D eigenvalue weighted by Crippen LogP contribution is -2.57. The molecule has 0 bridgehead atoms. The van der Waals surface area contributed by atoms with Gasteiger partial charge in [0.25, 0.3) is 5.92 Å². The molecule has 1 aliphatic heterocycles. The maximum absolute atomic E-state index is 15.2. The Morgan fingerprint density at radius 2 is 1.68 bits per heavy atom. The Hall–Kier alpha value is -2.48. The van der Waals surface area contributed by atoms with Crippen molar-refractivity contribution in [2.24, 2.45) is 11.8 Å². The van der Waals surface area contributed by atoms with Gasteiger partial charge in [-0.25, -0.2) is 22.0 Å². The van der Waals surface area contributed by atoms with Crippen LogP contribution in [0.1, 0.15) is 63.4 Å². The van der Waals surface area contributed by atoms with E-state index in [1.54, 1.807) is 0 Å². The van der Waals surface area contributed by atoms with Crippen molar-refractivity contribution in [3.63, 3.8) is 0 Å². The molecule has 1 amide bonds. The van der Waals surface area contributed by atoms with Crippen LogP contribution in [0.5, 0.6) is 0 Å². The Balaban J connectivity index is 1.30. The monoisotopic (exact) mass is 520 g/mol. The zero-order valence-electron chi connectivity index (χ0n) is 20.8. The fraction of sp³-hybridized carbons (Fsp3) is 0.552. The third kappa shape index (κ3) is 5.54. The Labute approximate surface area is 214 Å². The van der Waals surface area contributed by atoms with E-state index in [-0.39, 0.29) is 40.5 Å². The zero-order chi connectivity index (χ0) is 26.2. The number of amides is 1. The van der Waals surface area contributed by atoms with Gasteiger partial charge in [-0.05, 0) is 93.0 Å². The molecule has 2 aliphatic carbocycles. The molecule has 2 saturated carbocycles. The van der Waals surface area contributed by atoms with Crippen LogP contribution < -0.4 is 10.6 Å². The van der Waals surface area contributed by atoms with E-state index in [1.807, 2.05) is 0 Å². The van der Waals surface area contributed by atoms with Crippen LogP contribution in [0.15, 0.2) is 36.4 Å². The number of hydrogen-bond acceptors (Lipinski definition) is 2. The third-order valence-electron chi connectivity index (χ3n) is 8.78. The summed E-state index contributed by atoms with van der Waals surface area (Å²) in [6, 6.07) is 5.66. The smallest absolute Gasteiger partial charge is 0.268 e. The molecule has 1 saturated heterocycles. The molecule has 200 valence electrons. The fourth-order valence-electron chi connectivity index (χ4n) is 6.89. The van der Waals surface area contributed by atoms with Crippen molar-refractivity contribution in [2.45, 2.75) is 81.7 Å². The van der Waals surface area contributed by atoms with Crippen LogP contribution in [-0.2, 0) is 11.2 Å². The molecule has 1 spiro atoms. The second-order valence-electron chi connectivity index (χ2n) is 11.1. The molecular formula is C29H33F5N2O. The topological polar surface area (TPSA) is 41.1 Å². The number of benzene rings is 2. The number of hydrogen-bond donors (Lipinski definition) is 2. The van der Waals surface area contributed by atoms with Crippen LogP contribution in [-0.4, -0.2) is 30.0 Å². The molecule has 3 fully saturated rings. The Morgan fingerprint density at radius 3 is 2.35 bits per heavy atom. The fourth-order valence-corrected chi connectivity index (χ4v) is 6.89. The summed E-state index contributed by atoms with van der Waals surface area (Å²) >= 11 is 0. The summed E-state index contributed by atoms with van der Waals surface area (Å²) in [7, 11) is 0. The molecule has 1 heterocycles. The van der Waals surface area contributed by atoms with Gasteiger partial charge in [0.1, 0.15) is 17.5 Å². The number of halogens is 5. The van der Waals surface area contributed by atoms with Gasteiger partial charge in [0, 0.05) is 23.6 Å². The van der Waals surface area contributed by atoms with Crippen molar-refractivity contribution in [2.75, 3.05) is 6.54 Å². The third-order valence-corrected chi connectivity index (χ3v) is 8.78. The molecular weight excluding hydrogens is 487 g/mol. The molecule has 37 heavy (non-hydrogen) atoms. The van der Waals surface area contributed by atoms with Crippen LogP contribution in [0, 0.1) is 29.3 Å². The van der Waals surface area contributed by atoms with Crippen LogP contribution >= 0.6 is 0 Å². The second-order valence-corrected chi connectivity index (χ2v) is 11.1. The van der Waals surface area contributed by atoms with Gasteiger partial charge < -0.3 is 10.6 Å². The van der Waals surface area contributed by atoms with Crippen LogP contribution in [0.25, 0.3) is 11.1 Å². The van der Waals surface area contributed by atoms with Gasteiger partial charge in [-0.3, -0.25) is 4.79 Å².